The highest BCUT2D eigenvalue weighted by molar-refractivity contribution is 6.04. The number of para-hydroxylation sites is 2. The van der Waals surface area contributed by atoms with Gasteiger partial charge in [-0.3, -0.25) is 4.79 Å². The van der Waals surface area contributed by atoms with Crippen molar-refractivity contribution in [2.24, 2.45) is 0 Å². The van der Waals surface area contributed by atoms with Crippen LogP contribution in [0.2, 0.25) is 0 Å². The highest BCUT2D eigenvalue weighted by Gasteiger charge is 2.14. The van der Waals surface area contributed by atoms with Gasteiger partial charge in [0.15, 0.2) is 5.76 Å². The van der Waals surface area contributed by atoms with Gasteiger partial charge in [0.1, 0.15) is 12.7 Å². The van der Waals surface area contributed by atoms with Crippen LogP contribution in [-0.2, 0) is 0 Å². The number of rotatable bonds is 3. The molecule has 100 valence electrons. The molecule has 6 heteroatoms. The first-order valence-electron chi connectivity index (χ1n) is 6.05. The summed E-state index contributed by atoms with van der Waals surface area (Å²) in [6.07, 6.45) is 4.51. The number of furan rings is 1. The molecule has 0 fully saturated rings. The smallest absolute Gasteiger partial charge is 0.291 e. The first-order valence-corrected chi connectivity index (χ1v) is 6.05. The van der Waals surface area contributed by atoms with Crippen LogP contribution >= 0.6 is 0 Å². The number of aryl methyl sites for hydroxylation is 1. The van der Waals surface area contributed by atoms with Crippen LogP contribution in [0, 0.1) is 6.92 Å². The van der Waals surface area contributed by atoms with Crippen molar-refractivity contribution in [3.05, 3.63) is 60.6 Å². The van der Waals surface area contributed by atoms with Gasteiger partial charge in [0.25, 0.3) is 5.91 Å². The van der Waals surface area contributed by atoms with Crippen molar-refractivity contribution in [3.63, 3.8) is 0 Å². The van der Waals surface area contributed by atoms with Gasteiger partial charge in [0, 0.05) is 5.56 Å². The van der Waals surface area contributed by atoms with E-state index < -0.39 is 0 Å². The van der Waals surface area contributed by atoms with Gasteiger partial charge in [-0.25, -0.2) is 9.67 Å². The second-order valence-electron chi connectivity index (χ2n) is 4.24. The van der Waals surface area contributed by atoms with Crippen molar-refractivity contribution in [1.82, 2.24) is 14.8 Å². The van der Waals surface area contributed by atoms with Crippen molar-refractivity contribution in [1.29, 1.82) is 0 Å². The number of nitrogens with zero attached hydrogens (tertiary/aromatic N) is 3. The SMILES string of the molecule is Cc1ccoc1C(=O)Nc1ccccc1-n1cncn1. The van der Waals surface area contributed by atoms with Crippen LogP contribution in [0.4, 0.5) is 5.69 Å². The summed E-state index contributed by atoms with van der Waals surface area (Å²) in [5.41, 5.74) is 2.17. The topological polar surface area (TPSA) is 73.0 Å². The molecule has 1 aromatic carbocycles. The summed E-state index contributed by atoms with van der Waals surface area (Å²) in [6.45, 7) is 1.82. The number of benzene rings is 1. The van der Waals surface area contributed by atoms with Gasteiger partial charge in [0.05, 0.1) is 17.6 Å². The number of amides is 1. The quantitative estimate of drug-likeness (QED) is 0.791. The van der Waals surface area contributed by atoms with Gasteiger partial charge in [0.2, 0.25) is 0 Å². The molecule has 0 atom stereocenters. The summed E-state index contributed by atoms with van der Waals surface area (Å²) < 4.78 is 6.77. The first kappa shape index (κ1) is 12.2. The first-order chi connectivity index (χ1) is 9.75. The lowest BCUT2D eigenvalue weighted by Gasteiger charge is -2.09. The summed E-state index contributed by atoms with van der Waals surface area (Å²) >= 11 is 0. The second kappa shape index (κ2) is 5.00. The normalized spacial score (nSPS) is 10.4. The molecule has 3 aromatic rings. The van der Waals surface area contributed by atoms with E-state index in [1.165, 1.54) is 12.6 Å². The Labute approximate surface area is 115 Å². The summed E-state index contributed by atoms with van der Waals surface area (Å²) in [5, 5.41) is 6.89. The Hall–Kier alpha value is -2.89. The third-order valence-electron chi connectivity index (χ3n) is 2.89. The van der Waals surface area contributed by atoms with E-state index >= 15 is 0 Å². The van der Waals surface area contributed by atoms with Crippen LogP contribution in [-0.4, -0.2) is 20.7 Å². The number of nitrogens with one attached hydrogen (secondary N) is 1. The maximum atomic E-state index is 12.2. The van der Waals surface area contributed by atoms with Crippen molar-refractivity contribution in [3.8, 4) is 5.69 Å². The third-order valence-corrected chi connectivity index (χ3v) is 2.89. The minimum Gasteiger partial charge on any atom is -0.459 e. The van der Waals surface area contributed by atoms with Crippen molar-refractivity contribution in [2.45, 2.75) is 6.92 Å². The molecule has 6 nitrogen and oxygen atoms in total. The van der Waals surface area contributed by atoms with E-state index in [0.29, 0.717) is 11.4 Å². The summed E-state index contributed by atoms with van der Waals surface area (Å²) in [6, 6.07) is 9.10. The molecule has 0 saturated heterocycles. The van der Waals surface area contributed by atoms with Gasteiger partial charge >= 0.3 is 0 Å². The minimum atomic E-state index is -0.292. The maximum Gasteiger partial charge on any atom is 0.291 e. The predicted molar refractivity (Wildman–Crippen MR) is 72.8 cm³/mol. The molecular formula is C14H12N4O2. The molecular weight excluding hydrogens is 256 g/mol. The van der Waals surface area contributed by atoms with E-state index in [1.54, 1.807) is 23.1 Å². The lowest BCUT2D eigenvalue weighted by atomic mass is 10.2. The zero-order valence-electron chi connectivity index (χ0n) is 10.8. The van der Waals surface area contributed by atoms with Crippen molar-refractivity contribution >= 4 is 11.6 Å². The number of anilines is 1. The molecule has 20 heavy (non-hydrogen) atoms. The third kappa shape index (κ3) is 2.18. The fraction of sp³-hybridized carbons (Fsp3) is 0.0714. The van der Waals surface area contributed by atoms with Crippen LogP contribution in [0.15, 0.2) is 53.7 Å². The number of hydrogen-bond donors (Lipinski definition) is 1. The van der Waals surface area contributed by atoms with Gasteiger partial charge < -0.3 is 9.73 Å². The Morgan fingerprint density at radius 2 is 2.15 bits per heavy atom. The summed E-state index contributed by atoms with van der Waals surface area (Å²) in [4.78, 5) is 16.1. The Bertz CT molecular complexity index is 731. The molecule has 0 aliphatic carbocycles. The summed E-state index contributed by atoms with van der Waals surface area (Å²) in [7, 11) is 0. The molecule has 0 spiro atoms. The van der Waals surface area contributed by atoms with Crippen LogP contribution in [0.1, 0.15) is 16.1 Å². The molecule has 0 bridgehead atoms. The van der Waals surface area contributed by atoms with Crippen LogP contribution in [0.25, 0.3) is 5.69 Å². The lowest BCUT2D eigenvalue weighted by Crippen LogP contribution is -2.14. The predicted octanol–water partition coefficient (Wildman–Crippen LogP) is 2.42. The highest BCUT2D eigenvalue weighted by Crippen LogP contribution is 2.20. The van der Waals surface area contributed by atoms with E-state index in [0.717, 1.165) is 11.3 Å². The van der Waals surface area contributed by atoms with Crippen LogP contribution in [0.3, 0.4) is 0 Å². The molecule has 0 unspecified atom stereocenters. The molecule has 0 saturated carbocycles. The molecule has 0 aliphatic heterocycles. The van der Waals surface area contributed by atoms with E-state index in [-0.39, 0.29) is 5.91 Å². The maximum absolute atomic E-state index is 12.2. The summed E-state index contributed by atoms with van der Waals surface area (Å²) in [5.74, 6) is 0.0125. The molecule has 2 heterocycles. The Kier molecular flexibility index (Phi) is 3.04. The molecule has 2 aromatic heterocycles. The van der Waals surface area contributed by atoms with Gasteiger partial charge in [-0.05, 0) is 25.1 Å². The molecule has 1 N–H and O–H groups in total. The molecule has 3 rings (SSSR count). The average molecular weight is 268 g/mol. The molecule has 0 radical (unpaired) electrons. The van der Waals surface area contributed by atoms with E-state index in [1.807, 2.05) is 25.1 Å². The second-order valence-corrected chi connectivity index (χ2v) is 4.24. The van der Waals surface area contributed by atoms with Crippen LogP contribution in [0.5, 0.6) is 0 Å². The van der Waals surface area contributed by atoms with E-state index in [4.69, 9.17) is 4.42 Å². The average Bonchev–Trinajstić information content (AvgIpc) is 3.10. The van der Waals surface area contributed by atoms with Gasteiger partial charge in [-0.1, -0.05) is 12.1 Å². The number of carbonyl (C=O) groups excluding carboxylic acids is 1. The van der Waals surface area contributed by atoms with Crippen molar-refractivity contribution in [2.75, 3.05) is 5.32 Å². The zero-order chi connectivity index (χ0) is 13.9. The Morgan fingerprint density at radius 3 is 2.85 bits per heavy atom. The monoisotopic (exact) mass is 268 g/mol. The zero-order valence-corrected chi connectivity index (χ0v) is 10.8. The fourth-order valence-electron chi connectivity index (χ4n) is 1.90. The van der Waals surface area contributed by atoms with Gasteiger partial charge in [-0.2, -0.15) is 5.10 Å². The largest absolute Gasteiger partial charge is 0.459 e. The molecule has 0 aliphatic rings. The number of carbonyl (C=O) groups is 1. The Balaban J connectivity index is 1.92. The number of aromatic nitrogens is 3. The standard InChI is InChI=1S/C14H12N4O2/c1-10-6-7-20-13(10)14(19)17-11-4-2-3-5-12(11)18-9-15-8-16-18/h2-9H,1H3,(H,17,19). The lowest BCUT2D eigenvalue weighted by molar-refractivity contribution is 0.0996. The molecule has 1 amide bonds. The van der Waals surface area contributed by atoms with E-state index in [9.17, 15) is 4.79 Å². The van der Waals surface area contributed by atoms with Gasteiger partial charge in [-0.15, -0.1) is 0 Å². The van der Waals surface area contributed by atoms with E-state index in [2.05, 4.69) is 15.4 Å². The number of hydrogen-bond acceptors (Lipinski definition) is 4. The minimum absolute atomic E-state index is 0.292. The Morgan fingerprint density at radius 1 is 1.30 bits per heavy atom. The van der Waals surface area contributed by atoms with Crippen LogP contribution < -0.4 is 5.32 Å². The fourth-order valence-corrected chi connectivity index (χ4v) is 1.90. The highest BCUT2D eigenvalue weighted by atomic mass is 16.3. The van der Waals surface area contributed by atoms with Crippen molar-refractivity contribution < 1.29 is 9.21 Å².